The van der Waals surface area contributed by atoms with Gasteiger partial charge in [0.2, 0.25) is 0 Å². The van der Waals surface area contributed by atoms with Gasteiger partial charge < -0.3 is 0 Å². The monoisotopic (exact) mass is 602 g/mol. The minimum Gasteiger partial charge on any atom is -0.299 e. The van der Waals surface area contributed by atoms with E-state index in [1.807, 2.05) is 0 Å². The second-order valence-corrected chi connectivity index (χ2v) is 15.7. The smallest absolute Gasteiger partial charge is 0.136 e. The van der Waals surface area contributed by atoms with Crippen LogP contribution in [-0.2, 0) is 11.2 Å². The van der Waals surface area contributed by atoms with Crippen molar-refractivity contribution in [3.63, 3.8) is 0 Å². The summed E-state index contributed by atoms with van der Waals surface area (Å²) in [6, 6.07) is 8.89. The summed E-state index contributed by atoms with van der Waals surface area (Å²) in [5.74, 6) is 6.73. The number of halogens is 1. The molecule has 0 aliphatic heterocycles. The van der Waals surface area contributed by atoms with E-state index in [9.17, 15) is 4.79 Å². The molecule has 0 radical (unpaired) electrons. The van der Waals surface area contributed by atoms with Crippen LogP contribution in [0.25, 0.3) is 0 Å². The van der Waals surface area contributed by atoms with Crippen LogP contribution in [-0.4, -0.2) is 5.78 Å². The van der Waals surface area contributed by atoms with E-state index >= 15 is 0 Å². The Morgan fingerprint density at radius 2 is 1.67 bits per heavy atom. The summed E-state index contributed by atoms with van der Waals surface area (Å²) in [5.41, 5.74) is 2.30. The third-order valence-electron chi connectivity index (χ3n) is 12.3. The van der Waals surface area contributed by atoms with Gasteiger partial charge in [-0.25, -0.2) is 0 Å². The SMILES string of the molecule is CC(C)CCC[C@@H](C)[C@H]1CC[C@H]2[C@@H]3CC[C@H]4[C@H](Cc5cccc(I)c5)C(=O)CC[C@]4(C)[C@H]3CC[C@]12C. The molecule has 0 unspecified atom stereocenters. The summed E-state index contributed by atoms with van der Waals surface area (Å²) >= 11 is 2.42. The van der Waals surface area contributed by atoms with Gasteiger partial charge in [-0.1, -0.05) is 66.0 Å². The molecule has 200 valence electrons. The minimum atomic E-state index is 0.244. The van der Waals surface area contributed by atoms with Crippen LogP contribution in [0.1, 0.15) is 111 Å². The van der Waals surface area contributed by atoms with Crippen molar-refractivity contribution < 1.29 is 4.79 Å². The molecule has 0 aromatic heterocycles. The Hall–Kier alpha value is -0.380. The van der Waals surface area contributed by atoms with Gasteiger partial charge in [0.25, 0.3) is 0 Å². The van der Waals surface area contributed by atoms with Gasteiger partial charge in [-0.2, -0.15) is 0 Å². The Morgan fingerprint density at radius 3 is 2.42 bits per heavy atom. The fourth-order valence-corrected chi connectivity index (χ4v) is 11.1. The predicted molar refractivity (Wildman–Crippen MR) is 160 cm³/mol. The lowest BCUT2D eigenvalue weighted by Crippen LogP contribution is -2.56. The van der Waals surface area contributed by atoms with Crippen LogP contribution in [0, 0.1) is 61.7 Å². The quantitative estimate of drug-likeness (QED) is 0.284. The molecular weight excluding hydrogens is 551 g/mol. The van der Waals surface area contributed by atoms with E-state index in [4.69, 9.17) is 0 Å². The summed E-state index contributed by atoms with van der Waals surface area (Å²) in [6.07, 6.45) is 15.7. The van der Waals surface area contributed by atoms with Crippen molar-refractivity contribution >= 4 is 28.4 Å². The second-order valence-electron chi connectivity index (χ2n) is 14.5. The Labute approximate surface area is 235 Å². The van der Waals surface area contributed by atoms with E-state index in [2.05, 4.69) is 81.5 Å². The van der Waals surface area contributed by atoms with E-state index in [0.717, 1.165) is 54.8 Å². The van der Waals surface area contributed by atoms with E-state index in [-0.39, 0.29) is 5.92 Å². The minimum absolute atomic E-state index is 0.244. The molecule has 2 heteroatoms. The first kappa shape index (κ1) is 27.2. The van der Waals surface area contributed by atoms with E-state index in [1.54, 1.807) is 0 Å². The van der Waals surface area contributed by atoms with Crippen molar-refractivity contribution in [2.75, 3.05) is 0 Å². The van der Waals surface area contributed by atoms with Crippen molar-refractivity contribution in [3.05, 3.63) is 33.4 Å². The van der Waals surface area contributed by atoms with E-state index in [1.165, 1.54) is 66.9 Å². The van der Waals surface area contributed by atoms with Crippen LogP contribution in [0.5, 0.6) is 0 Å². The highest BCUT2D eigenvalue weighted by Crippen LogP contribution is 2.68. The van der Waals surface area contributed by atoms with Crippen molar-refractivity contribution in [3.8, 4) is 0 Å². The van der Waals surface area contributed by atoms with Gasteiger partial charge in [0.15, 0.2) is 0 Å². The highest BCUT2D eigenvalue weighted by atomic mass is 127. The molecule has 0 N–H and O–H groups in total. The highest BCUT2D eigenvalue weighted by Gasteiger charge is 2.61. The molecule has 4 aliphatic rings. The number of benzene rings is 1. The third-order valence-corrected chi connectivity index (χ3v) is 13.0. The molecule has 1 aromatic carbocycles. The number of carbonyl (C=O) groups excluding carboxylic acids is 1. The van der Waals surface area contributed by atoms with Crippen molar-refractivity contribution in [2.24, 2.45) is 58.2 Å². The molecule has 0 heterocycles. The molecule has 36 heavy (non-hydrogen) atoms. The first-order valence-electron chi connectivity index (χ1n) is 15.4. The molecular formula is C34H51IO. The predicted octanol–water partition coefficient (Wildman–Crippen LogP) is 9.75. The maximum absolute atomic E-state index is 13.3. The number of Topliss-reactive ketones (excluding diaryl/α,β-unsaturated/α-hetero) is 1. The van der Waals surface area contributed by atoms with Gasteiger partial charge >= 0.3 is 0 Å². The molecule has 1 aromatic rings. The number of carbonyl (C=O) groups is 1. The van der Waals surface area contributed by atoms with Gasteiger partial charge in [-0.15, -0.1) is 0 Å². The summed E-state index contributed by atoms with van der Waals surface area (Å²) in [5, 5.41) is 0. The third kappa shape index (κ3) is 4.88. The maximum atomic E-state index is 13.3. The fourth-order valence-electron chi connectivity index (χ4n) is 10.5. The van der Waals surface area contributed by atoms with Gasteiger partial charge in [-0.05, 0) is 144 Å². The highest BCUT2D eigenvalue weighted by molar-refractivity contribution is 14.1. The van der Waals surface area contributed by atoms with E-state index < -0.39 is 0 Å². The zero-order valence-corrected chi connectivity index (χ0v) is 25.9. The number of ketones is 1. The molecule has 0 bridgehead atoms. The Bertz CT molecular complexity index is 937. The van der Waals surface area contributed by atoms with Gasteiger partial charge in [-0.3, -0.25) is 4.79 Å². The molecule has 0 saturated heterocycles. The molecule has 9 atom stereocenters. The van der Waals surface area contributed by atoms with Crippen molar-refractivity contribution in [2.45, 2.75) is 112 Å². The lowest BCUT2D eigenvalue weighted by Gasteiger charge is -2.62. The van der Waals surface area contributed by atoms with Gasteiger partial charge in [0.1, 0.15) is 5.78 Å². The van der Waals surface area contributed by atoms with Gasteiger partial charge in [0.05, 0.1) is 0 Å². The first-order chi connectivity index (χ1) is 17.1. The lowest BCUT2D eigenvalue weighted by atomic mass is 9.43. The molecule has 1 nitrogen and oxygen atoms in total. The fraction of sp³-hybridized carbons (Fsp3) is 0.794. The van der Waals surface area contributed by atoms with Crippen LogP contribution < -0.4 is 0 Å². The summed E-state index contributed by atoms with van der Waals surface area (Å²) < 4.78 is 1.29. The van der Waals surface area contributed by atoms with Crippen LogP contribution in [0.3, 0.4) is 0 Å². The zero-order chi connectivity index (χ0) is 25.7. The Morgan fingerprint density at radius 1 is 0.917 bits per heavy atom. The number of hydrogen-bond acceptors (Lipinski definition) is 1. The van der Waals surface area contributed by atoms with E-state index in [0.29, 0.717) is 22.5 Å². The Kier molecular flexibility index (Phi) is 8.04. The largest absolute Gasteiger partial charge is 0.299 e. The zero-order valence-electron chi connectivity index (χ0n) is 23.7. The maximum Gasteiger partial charge on any atom is 0.136 e. The molecule has 0 amide bonds. The summed E-state index contributed by atoms with van der Waals surface area (Å²) in [7, 11) is 0. The van der Waals surface area contributed by atoms with Crippen molar-refractivity contribution in [1.82, 2.24) is 0 Å². The van der Waals surface area contributed by atoms with Gasteiger partial charge in [0, 0.05) is 15.9 Å². The molecule has 4 aliphatic carbocycles. The molecule has 0 spiro atoms. The topological polar surface area (TPSA) is 17.1 Å². The molecule has 4 fully saturated rings. The molecule has 4 saturated carbocycles. The summed E-state index contributed by atoms with van der Waals surface area (Å²) in [4.78, 5) is 13.3. The normalized spacial score (nSPS) is 41.0. The lowest BCUT2D eigenvalue weighted by molar-refractivity contribution is -0.152. The van der Waals surface area contributed by atoms with Crippen LogP contribution >= 0.6 is 22.6 Å². The van der Waals surface area contributed by atoms with Crippen LogP contribution in [0.15, 0.2) is 24.3 Å². The van der Waals surface area contributed by atoms with Crippen LogP contribution in [0.2, 0.25) is 0 Å². The average Bonchev–Trinajstić information content (AvgIpc) is 3.18. The standard InChI is InChI=1S/C34H51IO/c1-22(2)8-6-9-23(3)28-14-15-29-26-12-13-30-27(21-24-10-7-11-25(35)20-24)32(36)17-19-34(30,5)31(26)16-18-33(28,29)4/h7,10-11,20,22-23,26-31H,6,8-9,12-19,21H2,1-5H3/t23-,26+,27+,28-,29+,30+,31+,33-,34+/m1/s1. The number of rotatable bonds is 7. The first-order valence-corrected chi connectivity index (χ1v) is 16.5. The average molecular weight is 603 g/mol. The summed E-state index contributed by atoms with van der Waals surface area (Å²) in [6.45, 7) is 12.7. The number of hydrogen-bond donors (Lipinski definition) is 0. The Balaban J connectivity index is 1.32. The number of fused-ring (bicyclic) bond motifs is 5. The van der Waals surface area contributed by atoms with Crippen molar-refractivity contribution in [1.29, 1.82) is 0 Å². The molecule has 5 rings (SSSR count). The van der Waals surface area contributed by atoms with Crippen LogP contribution in [0.4, 0.5) is 0 Å². The second kappa shape index (κ2) is 10.6.